The van der Waals surface area contributed by atoms with E-state index in [0.29, 0.717) is 17.3 Å². The topological polar surface area (TPSA) is 50.4 Å². The molecule has 0 fully saturated rings. The number of nitrogens with one attached hydrogen (secondary N) is 2. The van der Waals surface area contributed by atoms with Crippen molar-refractivity contribution in [1.29, 1.82) is 0 Å². The molecule has 0 radical (unpaired) electrons. The van der Waals surface area contributed by atoms with Crippen molar-refractivity contribution in [2.45, 2.75) is 65.3 Å². The largest absolute Gasteiger partial charge is 0.462 e. The van der Waals surface area contributed by atoms with Gasteiger partial charge in [0.25, 0.3) is 0 Å². The highest BCUT2D eigenvalue weighted by Crippen LogP contribution is 2.38. The number of thiophene rings is 1. The molecule has 1 aliphatic rings. The molecule has 0 aliphatic heterocycles. The maximum absolute atomic E-state index is 12.7. The van der Waals surface area contributed by atoms with Crippen molar-refractivity contribution in [3.05, 3.63) is 51.4 Å². The number of benzene rings is 1. The lowest BCUT2D eigenvalue weighted by Gasteiger charge is -2.18. The Morgan fingerprint density at radius 1 is 1.17 bits per heavy atom. The predicted molar refractivity (Wildman–Crippen MR) is 125 cm³/mol. The van der Waals surface area contributed by atoms with Gasteiger partial charge in [-0.05, 0) is 74.9 Å². The van der Waals surface area contributed by atoms with Crippen LogP contribution in [0, 0.1) is 0 Å². The summed E-state index contributed by atoms with van der Waals surface area (Å²) < 4.78 is 5.35. The normalized spacial score (nSPS) is 14.4. The molecule has 0 bridgehead atoms. The van der Waals surface area contributed by atoms with Gasteiger partial charge < -0.3 is 15.4 Å². The summed E-state index contributed by atoms with van der Waals surface area (Å²) in [5.41, 5.74) is 4.33. The van der Waals surface area contributed by atoms with Crippen LogP contribution >= 0.6 is 23.6 Å². The number of carbonyl (C=O) groups excluding carboxylic acids is 1. The van der Waals surface area contributed by atoms with E-state index in [-0.39, 0.29) is 12.0 Å². The van der Waals surface area contributed by atoms with Crippen molar-refractivity contribution in [1.82, 2.24) is 5.32 Å². The lowest BCUT2D eigenvalue weighted by atomic mass is 10.1. The first-order chi connectivity index (χ1) is 14.0. The zero-order valence-corrected chi connectivity index (χ0v) is 19.1. The molecule has 0 amide bonds. The number of carbonyl (C=O) groups is 1. The quantitative estimate of drug-likeness (QED) is 0.344. The number of rotatable bonds is 6. The number of anilines is 1. The molecule has 2 aromatic rings. The Labute approximate surface area is 183 Å². The van der Waals surface area contributed by atoms with Crippen molar-refractivity contribution < 1.29 is 9.53 Å². The number of ether oxygens (including phenoxy) is 1. The van der Waals surface area contributed by atoms with E-state index in [9.17, 15) is 4.79 Å². The van der Waals surface area contributed by atoms with Crippen LogP contribution in [0.25, 0.3) is 0 Å². The second-order valence-electron chi connectivity index (χ2n) is 7.40. The third-order valence-electron chi connectivity index (χ3n) is 5.36. The molecule has 1 aromatic carbocycles. The zero-order valence-electron chi connectivity index (χ0n) is 17.5. The van der Waals surface area contributed by atoms with Crippen LogP contribution in [-0.2, 0) is 24.0 Å². The zero-order chi connectivity index (χ0) is 20.8. The Hall–Kier alpha value is -1.92. The minimum absolute atomic E-state index is 0.0738. The Morgan fingerprint density at radius 2 is 1.90 bits per heavy atom. The van der Waals surface area contributed by atoms with Crippen LogP contribution in [0.2, 0.25) is 0 Å². The maximum Gasteiger partial charge on any atom is 0.341 e. The first-order valence-corrected chi connectivity index (χ1v) is 11.7. The van der Waals surface area contributed by atoms with Crippen molar-refractivity contribution in [3.8, 4) is 0 Å². The number of fused-ring (bicyclic) bond motifs is 1. The number of aryl methyl sites for hydroxylation is 2. The predicted octanol–water partition coefficient (Wildman–Crippen LogP) is 5.80. The van der Waals surface area contributed by atoms with E-state index < -0.39 is 0 Å². The van der Waals surface area contributed by atoms with E-state index in [0.717, 1.165) is 36.2 Å². The number of hydrogen-bond donors (Lipinski definition) is 2. The minimum atomic E-state index is -0.250. The van der Waals surface area contributed by atoms with Crippen molar-refractivity contribution >= 4 is 39.6 Å². The molecule has 156 valence electrons. The third-order valence-corrected chi connectivity index (χ3v) is 6.79. The van der Waals surface area contributed by atoms with Crippen LogP contribution in [0.3, 0.4) is 0 Å². The lowest BCUT2D eigenvalue weighted by Crippen LogP contribution is -2.31. The van der Waals surface area contributed by atoms with Gasteiger partial charge in [-0.1, -0.05) is 37.6 Å². The highest BCUT2D eigenvalue weighted by Gasteiger charge is 2.26. The molecule has 3 rings (SSSR count). The molecule has 1 heterocycles. The van der Waals surface area contributed by atoms with E-state index in [1.54, 1.807) is 11.3 Å². The van der Waals surface area contributed by atoms with Crippen LogP contribution in [0.4, 0.5) is 5.00 Å². The highest BCUT2D eigenvalue weighted by molar-refractivity contribution is 7.80. The Balaban J connectivity index is 1.75. The fraction of sp³-hybridized carbons (Fsp3) is 0.478. The molecule has 1 unspecified atom stereocenters. The fourth-order valence-corrected chi connectivity index (χ4v) is 5.34. The first-order valence-electron chi connectivity index (χ1n) is 10.5. The van der Waals surface area contributed by atoms with Gasteiger partial charge >= 0.3 is 5.97 Å². The number of esters is 1. The molecule has 1 aliphatic carbocycles. The third kappa shape index (κ3) is 5.37. The Bertz CT molecular complexity index is 859. The molecule has 2 N–H and O–H groups in total. The summed E-state index contributed by atoms with van der Waals surface area (Å²) >= 11 is 7.22. The van der Waals surface area contributed by atoms with Gasteiger partial charge in [0.1, 0.15) is 5.00 Å². The second-order valence-corrected chi connectivity index (χ2v) is 8.92. The summed E-state index contributed by atoms with van der Waals surface area (Å²) in [6.07, 6.45) is 6.48. The summed E-state index contributed by atoms with van der Waals surface area (Å²) in [4.78, 5) is 14.0. The molecule has 4 nitrogen and oxygen atoms in total. The number of thiocarbonyl (C=S) groups is 1. The van der Waals surface area contributed by atoms with Crippen LogP contribution in [-0.4, -0.2) is 17.7 Å². The van der Waals surface area contributed by atoms with Gasteiger partial charge in [0.2, 0.25) is 0 Å². The second kappa shape index (κ2) is 10.2. The van der Waals surface area contributed by atoms with Crippen molar-refractivity contribution in [2.75, 3.05) is 11.9 Å². The molecule has 6 heteroatoms. The van der Waals surface area contributed by atoms with Gasteiger partial charge in [-0.2, -0.15) is 0 Å². The summed E-state index contributed by atoms with van der Waals surface area (Å²) in [5, 5.41) is 7.97. The number of hydrogen-bond acceptors (Lipinski definition) is 4. The van der Waals surface area contributed by atoms with Crippen LogP contribution in [0.15, 0.2) is 24.3 Å². The summed E-state index contributed by atoms with van der Waals surface area (Å²) in [6, 6.07) is 8.65. The smallest absolute Gasteiger partial charge is 0.341 e. The van der Waals surface area contributed by atoms with Gasteiger partial charge in [0.05, 0.1) is 18.2 Å². The summed E-state index contributed by atoms with van der Waals surface area (Å²) in [5.74, 6) is -0.250. The fourth-order valence-electron chi connectivity index (χ4n) is 3.71. The molecular formula is C23H30N2O2S2. The van der Waals surface area contributed by atoms with E-state index in [2.05, 4.69) is 48.7 Å². The average molecular weight is 431 g/mol. The van der Waals surface area contributed by atoms with E-state index in [4.69, 9.17) is 17.0 Å². The first kappa shape index (κ1) is 21.8. The summed E-state index contributed by atoms with van der Waals surface area (Å²) in [7, 11) is 0. The maximum atomic E-state index is 12.7. The molecular weight excluding hydrogens is 400 g/mol. The van der Waals surface area contributed by atoms with E-state index in [1.165, 1.54) is 28.8 Å². The molecule has 29 heavy (non-hydrogen) atoms. The highest BCUT2D eigenvalue weighted by atomic mass is 32.1. The Kier molecular flexibility index (Phi) is 7.67. The molecule has 0 saturated carbocycles. The molecule has 1 atom stereocenters. The van der Waals surface area contributed by atoms with Crippen LogP contribution in [0.1, 0.15) is 78.0 Å². The Morgan fingerprint density at radius 3 is 2.59 bits per heavy atom. The summed E-state index contributed by atoms with van der Waals surface area (Å²) in [6.45, 7) is 6.45. The SMILES string of the molecule is CCOC(=O)c1c(NC(=S)NC(C)c2ccc(CC)cc2)sc2c1CCCCC2. The van der Waals surface area contributed by atoms with E-state index >= 15 is 0 Å². The lowest BCUT2D eigenvalue weighted by molar-refractivity contribution is 0.0527. The minimum Gasteiger partial charge on any atom is -0.462 e. The standard InChI is InChI=1S/C23H30N2O2S2/c1-4-16-11-13-17(14-12-16)15(3)24-23(28)25-21-20(22(26)27-5-2)18-9-7-6-8-10-19(18)29-21/h11-15H,4-10H2,1-3H3,(H2,24,25,28). The van der Waals surface area contributed by atoms with Crippen molar-refractivity contribution in [3.63, 3.8) is 0 Å². The monoisotopic (exact) mass is 430 g/mol. The molecule has 1 aromatic heterocycles. The molecule has 0 spiro atoms. The van der Waals surface area contributed by atoms with E-state index in [1.807, 2.05) is 6.92 Å². The van der Waals surface area contributed by atoms with Crippen LogP contribution in [0.5, 0.6) is 0 Å². The van der Waals surface area contributed by atoms with Gasteiger partial charge in [-0.15, -0.1) is 11.3 Å². The van der Waals surface area contributed by atoms with Gasteiger partial charge in [-0.25, -0.2) is 4.79 Å². The van der Waals surface area contributed by atoms with Crippen LogP contribution < -0.4 is 10.6 Å². The van der Waals surface area contributed by atoms with Gasteiger partial charge in [-0.3, -0.25) is 0 Å². The molecule has 0 saturated heterocycles. The van der Waals surface area contributed by atoms with Gasteiger partial charge in [0, 0.05) is 4.88 Å². The van der Waals surface area contributed by atoms with Gasteiger partial charge in [0.15, 0.2) is 5.11 Å². The average Bonchev–Trinajstić information content (AvgIpc) is 2.88. The van der Waals surface area contributed by atoms with Crippen molar-refractivity contribution in [2.24, 2.45) is 0 Å².